The number of esters is 2. The summed E-state index contributed by atoms with van der Waals surface area (Å²) in [6.07, 6.45) is 8.28. The number of fused-ring (bicyclic) bond motifs is 2. The van der Waals surface area contributed by atoms with Crippen LogP contribution >= 0.6 is 0 Å². The molecule has 2 aliphatic rings. The van der Waals surface area contributed by atoms with Crippen LogP contribution in [0.5, 0.6) is 0 Å². The van der Waals surface area contributed by atoms with E-state index in [9.17, 15) is 9.59 Å². The number of hydrogen-bond acceptors (Lipinski definition) is 4. The minimum Gasteiger partial charge on any atom is -0.463 e. The first-order valence-electron chi connectivity index (χ1n) is 8.71. The number of hydrogen-bond donors (Lipinski definition) is 0. The third-order valence-electron chi connectivity index (χ3n) is 4.96. The highest BCUT2D eigenvalue weighted by Gasteiger charge is 2.54. The molecule has 2 aliphatic carbocycles. The van der Waals surface area contributed by atoms with E-state index in [0.717, 1.165) is 25.7 Å². The van der Waals surface area contributed by atoms with Crippen LogP contribution in [0.1, 0.15) is 53.4 Å². The zero-order valence-electron chi connectivity index (χ0n) is 14.7. The number of carbonyl (C=O) groups excluding carboxylic acids is 2. The van der Waals surface area contributed by atoms with Gasteiger partial charge in [-0.25, -0.2) is 9.59 Å². The summed E-state index contributed by atoms with van der Waals surface area (Å²) in [4.78, 5) is 24.9. The molecule has 128 valence electrons. The topological polar surface area (TPSA) is 52.6 Å². The zero-order chi connectivity index (χ0) is 17.0. The molecule has 2 atom stereocenters. The Kier molecular flexibility index (Phi) is 5.66. The number of allylic oxidation sites excluding steroid dienone is 2. The smallest absolute Gasteiger partial charge is 0.335 e. The molecular formula is C19H28O4. The van der Waals surface area contributed by atoms with E-state index >= 15 is 0 Å². The van der Waals surface area contributed by atoms with E-state index in [1.807, 2.05) is 12.2 Å². The average molecular weight is 320 g/mol. The van der Waals surface area contributed by atoms with Crippen molar-refractivity contribution in [3.8, 4) is 0 Å². The largest absolute Gasteiger partial charge is 0.463 e. The molecule has 0 radical (unpaired) electrons. The van der Waals surface area contributed by atoms with Crippen LogP contribution in [-0.2, 0) is 19.1 Å². The molecule has 0 N–H and O–H groups in total. The van der Waals surface area contributed by atoms with Crippen LogP contribution in [0.3, 0.4) is 0 Å². The molecule has 4 nitrogen and oxygen atoms in total. The van der Waals surface area contributed by atoms with Crippen LogP contribution in [-0.4, -0.2) is 25.2 Å². The van der Waals surface area contributed by atoms with Crippen molar-refractivity contribution in [2.24, 2.45) is 17.3 Å². The van der Waals surface area contributed by atoms with Crippen LogP contribution in [0.15, 0.2) is 23.3 Å². The summed E-state index contributed by atoms with van der Waals surface area (Å²) in [5, 5.41) is 0. The monoisotopic (exact) mass is 320 g/mol. The molecule has 0 spiro atoms. The molecule has 2 unspecified atom stereocenters. The van der Waals surface area contributed by atoms with Gasteiger partial charge in [0.1, 0.15) is 0 Å². The van der Waals surface area contributed by atoms with Crippen molar-refractivity contribution >= 4 is 11.9 Å². The van der Waals surface area contributed by atoms with Crippen molar-refractivity contribution in [3.05, 3.63) is 23.3 Å². The van der Waals surface area contributed by atoms with Crippen molar-refractivity contribution in [1.29, 1.82) is 0 Å². The highest BCUT2D eigenvalue weighted by atomic mass is 16.5. The predicted molar refractivity (Wildman–Crippen MR) is 88.7 cm³/mol. The maximum absolute atomic E-state index is 12.6. The van der Waals surface area contributed by atoms with Gasteiger partial charge in [0.15, 0.2) is 0 Å². The predicted octanol–water partition coefficient (Wildman–Crippen LogP) is 3.81. The van der Waals surface area contributed by atoms with Crippen LogP contribution in [0.25, 0.3) is 0 Å². The molecule has 0 aromatic carbocycles. The summed E-state index contributed by atoms with van der Waals surface area (Å²) in [5.74, 6) is -0.853. The number of unbranched alkanes of at least 4 members (excludes halogenated alkanes) is 3. The second-order valence-corrected chi connectivity index (χ2v) is 6.91. The highest BCUT2D eigenvalue weighted by molar-refractivity contribution is 6.03. The van der Waals surface area contributed by atoms with E-state index < -0.39 is 0 Å². The summed E-state index contributed by atoms with van der Waals surface area (Å²) < 4.78 is 10.6. The van der Waals surface area contributed by atoms with E-state index in [-0.39, 0.29) is 29.2 Å². The van der Waals surface area contributed by atoms with Gasteiger partial charge < -0.3 is 9.47 Å². The minimum absolute atomic E-state index is 0.0601. The molecule has 0 aromatic heterocycles. The lowest BCUT2D eigenvalue weighted by Crippen LogP contribution is -2.23. The lowest BCUT2D eigenvalue weighted by molar-refractivity contribution is -0.142. The second-order valence-electron chi connectivity index (χ2n) is 6.91. The highest BCUT2D eigenvalue weighted by Crippen LogP contribution is 2.56. The third kappa shape index (κ3) is 3.36. The van der Waals surface area contributed by atoms with Gasteiger partial charge in [0, 0.05) is 11.8 Å². The number of ether oxygens (including phenoxy) is 2. The number of carbonyl (C=O) groups is 2. The van der Waals surface area contributed by atoms with Crippen molar-refractivity contribution < 1.29 is 19.1 Å². The van der Waals surface area contributed by atoms with E-state index in [1.165, 1.54) is 0 Å². The molecule has 0 aliphatic heterocycles. The molecule has 0 saturated carbocycles. The molecule has 4 heteroatoms. The van der Waals surface area contributed by atoms with Gasteiger partial charge in [0.25, 0.3) is 0 Å². The Bertz CT molecular complexity index is 527. The Balaban J connectivity index is 2.12. The first kappa shape index (κ1) is 17.8. The van der Waals surface area contributed by atoms with Gasteiger partial charge in [0.2, 0.25) is 0 Å². The van der Waals surface area contributed by atoms with Crippen molar-refractivity contribution in [3.63, 3.8) is 0 Å². The third-order valence-corrected chi connectivity index (χ3v) is 4.96. The first-order chi connectivity index (χ1) is 10.9. The SMILES string of the molecule is CCCCCCOC(=O)C1=C(C(=O)OCC)C2C=CC1C2(C)C. The molecule has 2 bridgehead atoms. The van der Waals surface area contributed by atoms with Gasteiger partial charge in [-0.3, -0.25) is 0 Å². The molecule has 0 aromatic rings. The fourth-order valence-corrected chi connectivity index (χ4v) is 3.64. The molecular weight excluding hydrogens is 292 g/mol. The lowest BCUT2D eigenvalue weighted by atomic mass is 9.77. The van der Waals surface area contributed by atoms with Gasteiger partial charge in [-0.1, -0.05) is 52.2 Å². The Labute approximate surface area is 138 Å². The van der Waals surface area contributed by atoms with E-state index in [2.05, 4.69) is 20.8 Å². The quantitative estimate of drug-likeness (QED) is 0.388. The van der Waals surface area contributed by atoms with Crippen LogP contribution < -0.4 is 0 Å². The average Bonchev–Trinajstić information content (AvgIpc) is 2.93. The normalized spacial score (nSPS) is 24.2. The van der Waals surface area contributed by atoms with Crippen molar-refractivity contribution in [2.75, 3.05) is 13.2 Å². The standard InChI is InChI=1S/C19H28O4/c1-5-7-8-9-12-23-18(21)16-14-11-10-13(19(14,3)4)15(16)17(20)22-6-2/h10-11,13-14H,5-9,12H2,1-4H3. The zero-order valence-corrected chi connectivity index (χ0v) is 14.7. The fraction of sp³-hybridized carbons (Fsp3) is 0.684. The van der Waals surface area contributed by atoms with E-state index in [0.29, 0.717) is 24.4 Å². The molecule has 0 saturated heterocycles. The van der Waals surface area contributed by atoms with Gasteiger partial charge in [-0.15, -0.1) is 0 Å². The Hall–Kier alpha value is -1.58. The summed E-state index contributed by atoms with van der Waals surface area (Å²) in [7, 11) is 0. The second kappa shape index (κ2) is 7.33. The van der Waals surface area contributed by atoms with Crippen LogP contribution in [0.2, 0.25) is 0 Å². The molecule has 0 amide bonds. The lowest BCUT2D eigenvalue weighted by Gasteiger charge is -2.25. The Morgan fingerprint density at radius 3 is 2.04 bits per heavy atom. The van der Waals surface area contributed by atoms with Gasteiger partial charge >= 0.3 is 11.9 Å². The summed E-state index contributed by atoms with van der Waals surface area (Å²) in [5.41, 5.74) is 0.845. The summed E-state index contributed by atoms with van der Waals surface area (Å²) >= 11 is 0. The van der Waals surface area contributed by atoms with Crippen molar-refractivity contribution in [1.82, 2.24) is 0 Å². The van der Waals surface area contributed by atoms with Gasteiger partial charge in [0.05, 0.1) is 24.4 Å². The Morgan fingerprint density at radius 2 is 1.52 bits per heavy atom. The van der Waals surface area contributed by atoms with Crippen LogP contribution in [0, 0.1) is 17.3 Å². The first-order valence-corrected chi connectivity index (χ1v) is 8.71. The molecule has 0 fully saturated rings. The van der Waals surface area contributed by atoms with Gasteiger partial charge in [-0.2, -0.15) is 0 Å². The van der Waals surface area contributed by atoms with Crippen molar-refractivity contribution in [2.45, 2.75) is 53.4 Å². The Morgan fingerprint density at radius 1 is 0.957 bits per heavy atom. The fourth-order valence-electron chi connectivity index (χ4n) is 3.64. The minimum atomic E-state index is -0.379. The summed E-state index contributed by atoms with van der Waals surface area (Å²) in [6.45, 7) is 8.82. The van der Waals surface area contributed by atoms with E-state index in [1.54, 1.807) is 6.92 Å². The summed E-state index contributed by atoms with van der Waals surface area (Å²) in [6, 6.07) is 0. The molecule has 0 heterocycles. The number of rotatable bonds is 8. The maximum Gasteiger partial charge on any atom is 0.335 e. The van der Waals surface area contributed by atoms with Gasteiger partial charge in [-0.05, 0) is 18.8 Å². The maximum atomic E-state index is 12.6. The molecule has 23 heavy (non-hydrogen) atoms. The molecule has 2 rings (SSSR count). The van der Waals surface area contributed by atoms with Crippen LogP contribution in [0.4, 0.5) is 0 Å². The van der Waals surface area contributed by atoms with E-state index in [4.69, 9.17) is 9.47 Å².